The van der Waals surface area contributed by atoms with Crippen molar-refractivity contribution in [2.45, 2.75) is 25.3 Å². The van der Waals surface area contributed by atoms with Crippen LogP contribution in [0.2, 0.25) is 10.0 Å². The molecule has 1 aromatic heterocycles. The maximum absolute atomic E-state index is 12.3. The number of nitrogens with one attached hydrogen (secondary N) is 1. The third-order valence-corrected chi connectivity index (χ3v) is 4.79. The first-order chi connectivity index (χ1) is 12.5. The number of hydrogen-bond donors (Lipinski definition) is 1. The Kier molecular flexibility index (Phi) is 5.96. The zero-order valence-corrected chi connectivity index (χ0v) is 15.7. The van der Waals surface area contributed by atoms with Crippen LogP contribution in [0.4, 0.5) is 0 Å². The van der Waals surface area contributed by atoms with Crippen molar-refractivity contribution in [3.63, 3.8) is 0 Å². The van der Waals surface area contributed by atoms with Crippen molar-refractivity contribution in [1.82, 2.24) is 10.5 Å². The van der Waals surface area contributed by atoms with Gasteiger partial charge in [0.25, 0.3) is 5.91 Å². The lowest BCUT2D eigenvalue weighted by atomic mass is 9.86. The number of benzene rings is 2. The number of amides is 1. The number of carbonyl (C=O) groups is 1. The van der Waals surface area contributed by atoms with Gasteiger partial charge in [-0.05, 0) is 48.7 Å². The van der Waals surface area contributed by atoms with E-state index in [1.165, 1.54) is 6.20 Å². The Bertz CT molecular complexity index is 847. The van der Waals surface area contributed by atoms with Crippen LogP contribution in [0.25, 0.3) is 0 Å². The van der Waals surface area contributed by atoms with E-state index in [1.54, 1.807) is 6.07 Å². The molecule has 2 aromatic carbocycles. The molecule has 3 rings (SSSR count). The lowest BCUT2D eigenvalue weighted by Gasteiger charge is -2.25. The standard InChI is InChI=1S/C20H18Cl2N2O2/c1-13(24-20(25)19-10-11-23-26-19)18(15-4-8-17(22)9-5-15)12-14-2-6-16(21)7-3-14/h2-11,13,18H,12H2,1H3,(H,24,25). The average Bonchev–Trinajstić information content (AvgIpc) is 3.17. The van der Waals surface area contributed by atoms with Crippen LogP contribution in [-0.4, -0.2) is 17.1 Å². The summed E-state index contributed by atoms with van der Waals surface area (Å²) in [5, 5.41) is 7.95. The minimum Gasteiger partial charge on any atom is -0.351 e. The average molecular weight is 389 g/mol. The van der Waals surface area contributed by atoms with E-state index in [0.717, 1.165) is 17.5 Å². The largest absolute Gasteiger partial charge is 0.351 e. The Labute approximate surface area is 162 Å². The SMILES string of the molecule is CC(NC(=O)c1ccno1)C(Cc1ccc(Cl)cc1)c1ccc(Cl)cc1. The van der Waals surface area contributed by atoms with Crippen LogP contribution >= 0.6 is 23.2 Å². The van der Waals surface area contributed by atoms with Crippen LogP contribution in [0.1, 0.15) is 34.5 Å². The minimum absolute atomic E-state index is 0.0558. The Hall–Kier alpha value is -2.30. The van der Waals surface area contributed by atoms with Gasteiger partial charge in [-0.3, -0.25) is 4.79 Å². The van der Waals surface area contributed by atoms with Gasteiger partial charge in [0.15, 0.2) is 0 Å². The Morgan fingerprint density at radius 1 is 1.04 bits per heavy atom. The molecule has 3 aromatic rings. The molecule has 26 heavy (non-hydrogen) atoms. The van der Waals surface area contributed by atoms with Gasteiger partial charge in [-0.1, -0.05) is 52.6 Å². The van der Waals surface area contributed by atoms with E-state index in [2.05, 4.69) is 10.5 Å². The van der Waals surface area contributed by atoms with Gasteiger partial charge in [-0.25, -0.2) is 0 Å². The van der Waals surface area contributed by atoms with Gasteiger partial charge in [-0.2, -0.15) is 0 Å². The second-order valence-electron chi connectivity index (χ2n) is 6.13. The maximum Gasteiger partial charge on any atom is 0.290 e. The predicted molar refractivity (Wildman–Crippen MR) is 103 cm³/mol. The first-order valence-corrected chi connectivity index (χ1v) is 9.00. The highest BCUT2D eigenvalue weighted by Crippen LogP contribution is 2.27. The van der Waals surface area contributed by atoms with Gasteiger partial charge >= 0.3 is 0 Å². The first-order valence-electron chi connectivity index (χ1n) is 8.24. The topological polar surface area (TPSA) is 55.1 Å². The molecule has 0 saturated heterocycles. The van der Waals surface area contributed by atoms with E-state index in [-0.39, 0.29) is 23.6 Å². The number of rotatable bonds is 6. The first kappa shape index (κ1) is 18.5. The number of aromatic nitrogens is 1. The van der Waals surface area contributed by atoms with E-state index >= 15 is 0 Å². The van der Waals surface area contributed by atoms with Crippen LogP contribution in [0.15, 0.2) is 65.3 Å². The van der Waals surface area contributed by atoms with Crippen LogP contribution in [-0.2, 0) is 6.42 Å². The van der Waals surface area contributed by atoms with Gasteiger partial charge < -0.3 is 9.84 Å². The summed E-state index contributed by atoms with van der Waals surface area (Å²) >= 11 is 12.0. The zero-order chi connectivity index (χ0) is 18.5. The second-order valence-corrected chi connectivity index (χ2v) is 7.00. The predicted octanol–water partition coefficient (Wildman–Crippen LogP) is 5.13. The molecule has 0 aliphatic rings. The molecule has 1 amide bonds. The fraction of sp³-hybridized carbons (Fsp3) is 0.200. The van der Waals surface area contributed by atoms with E-state index in [9.17, 15) is 4.79 Å². The number of halogens is 2. The Morgan fingerprint density at radius 3 is 2.23 bits per heavy atom. The van der Waals surface area contributed by atoms with Gasteiger partial charge in [0.2, 0.25) is 5.76 Å². The van der Waals surface area contributed by atoms with E-state index < -0.39 is 0 Å². The molecule has 1 N–H and O–H groups in total. The lowest BCUT2D eigenvalue weighted by Crippen LogP contribution is -2.37. The molecule has 0 aliphatic carbocycles. The van der Waals surface area contributed by atoms with Gasteiger partial charge in [0.05, 0.1) is 6.20 Å². The summed E-state index contributed by atoms with van der Waals surface area (Å²) in [5.41, 5.74) is 2.23. The zero-order valence-electron chi connectivity index (χ0n) is 14.2. The summed E-state index contributed by atoms with van der Waals surface area (Å²) in [6, 6.07) is 16.8. The summed E-state index contributed by atoms with van der Waals surface area (Å²) < 4.78 is 4.93. The summed E-state index contributed by atoms with van der Waals surface area (Å²) in [5.74, 6) is -0.0383. The fourth-order valence-corrected chi connectivity index (χ4v) is 3.13. The third-order valence-electron chi connectivity index (χ3n) is 4.29. The molecule has 0 bridgehead atoms. The van der Waals surface area contributed by atoms with Crippen LogP contribution < -0.4 is 5.32 Å². The third kappa shape index (κ3) is 4.65. The highest BCUT2D eigenvalue weighted by molar-refractivity contribution is 6.30. The molecule has 1 heterocycles. The van der Waals surface area contributed by atoms with Gasteiger partial charge in [-0.15, -0.1) is 0 Å². The molecule has 134 valence electrons. The highest BCUT2D eigenvalue weighted by atomic mass is 35.5. The minimum atomic E-state index is -0.287. The maximum atomic E-state index is 12.3. The quantitative estimate of drug-likeness (QED) is 0.636. The smallest absolute Gasteiger partial charge is 0.290 e. The van der Waals surface area contributed by atoms with Crippen LogP contribution in [0.5, 0.6) is 0 Å². The normalized spacial score (nSPS) is 13.2. The fourth-order valence-electron chi connectivity index (χ4n) is 2.88. The van der Waals surface area contributed by atoms with Crippen LogP contribution in [0.3, 0.4) is 0 Å². The lowest BCUT2D eigenvalue weighted by molar-refractivity contribution is 0.0897. The molecule has 6 heteroatoms. The Balaban J connectivity index is 1.82. The number of hydrogen-bond acceptors (Lipinski definition) is 3. The molecule has 0 fully saturated rings. The van der Waals surface area contributed by atoms with E-state index in [1.807, 2.05) is 55.5 Å². The number of nitrogens with zero attached hydrogens (tertiary/aromatic N) is 1. The van der Waals surface area contributed by atoms with Crippen molar-refractivity contribution in [2.24, 2.45) is 0 Å². The van der Waals surface area contributed by atoms with Crippen molar-refractivity contribution in [2.75, 3.05) is 0 Å². The molecule has 4 nitrogen and oxygen atoms in total. The van der Waals surface area contributed by atoms with E-state index in [0.29, 0.717) is 10.0 Å². The highest BCUT2D eigenvalue weighted by Gasteiger charge is 2.23. The summed E-state index contributed by atoms with van der Waals surface area (Å²) in [7, 11) is 0. The van der Waals surface area contributed by atoms with Crippen molar-refractivity contribution in [3.8, 4) is 0 Å². The van der Waals surface area contributed by atoms with Crippen molar-refractivity contribution in [1.29, 1.82) is 0 Å². The molecule has 0 aliphatic heterocycles. The summed E-state index contributed by atoms with van der Waals surface area (Å²) in [6.07, 6.45) is 2.20. The second kappa shape index (κ2) is 8.39. The molecule has 2 atom stereocenters. The number of carbonyl (C=O) groups excluding carboxylic acids is 1. The van der Waals surface area contributed by atoms with Crippen molar-refractivity contribution < 1.29 is 9.32 Å². The van der Waals surface area contributed by atoms with Crippen molar-refractivity contribution in [3.05, 3.63) is 87.7 Å². The summed E-state index contributed by atoms with van der Waals surface area (Å²) in [6.45, 7) is 1.98. The van der Waals surface area contributed by atoms with Crippen LogP contribution in [0, 0.1) is 0 Å². The molecular formula is C20H18Cl2N2O2. The van der Waals surface area contributed by atoms with Gasteiger partial charge in [0, 0.05) is 28.1 Å². The van der Waals surface area contributed by atoms with Gasteiger partial charge in [0.1, 0.15) is 0 Å². The monoisotopic (exact) mass is 388 g/mol. The molecule has 2 unspecified atom stereocenters. The molecule has 0 radical (unpaired) electrons. The molecule has 0 spiro atoms. The molecule has 0 saturated carbocycles. The summed E-state index contributed by atoms with van der Waals surface area (Å²) in [4.78, 5) is 12.3. The Morgan fingerprint density at radius 2 is 1.65 bits per heavy atom. The van der Waals surface area contributed by atoms with E-state index in [4.69, 9.17) is 27.7 Å². The van der Waals surface area contributed by atoms with Crippen molar-refractivity contribution >= 4 is 29.1 Å². The molecular weight excluding hydrogens is 371 g/mol.